The van der Waals surface area contributed by atoms with Crippen LogP contribution in [0, 0.1) is 0 Å². The van der Waals surface area contributed by atoms with Crippen molar-refractivity contribution < 1.29 is 19.4 Å². The number of aliphatic hydroxyl groups is 1. The Labute approximate surface area is 147 Å². The molecule has 1 aromatic carbocycles. The number of halogens is 1. The van der Waals surface area contributed by atoms with Crippen LogP contribution in [0.25, 0.3) is 0 Å². The summed E-state index contributed by atoms with van der Waals surface area (Å²) in [5, 5.41) is 10.4. The largest absolute Gasteiger partial charge is 0.468 e. The Morgan fingerprint density at radius 3 is 2.65 bits per heavy atom. The molecule has 7 heteroatoms. The van der Waals surface area contributed by atoms with E-state index < -0.39 is 12.1 Å². The minimum absolute atomic E-state index is 0.0595. The maximum atomic E-state index is 12.1. The third kappa shape index (κ3) is 5.49. The fourth-order valence-corrected chi connectivity index (χ4v) is 2.91. The zero-order valence-electron chi connectivity index (χ0n) is 13.2. The first-order chi connectivity index (χ1) is 11.0. The van der Waals surface area contributed by atoms with Gasteiger partial charge in [0, 0.05) is 23.4 Å². The van der Waals surface area contributed by atoms with Gasteiger partial charge in [-0.3, -0.25) is 4.90 Å². The van der Waals surface area contributed by atoms with Crippen LogP contribution in [0.3, 0.4) is 0 Å². The van der Waals surface area contributed by atoms with Gasteiger partial charge in [0.1, 0.15) is 12.3 Å². The van der Waals surface area contributed by atoms with Crippen molar-refractivity contribution >= 4 is 36.5 Å². The third-order valence-electron chi connectivity index (χ3n) is 3.57. The number of carbonyl (C=O) groups excluding carboxylic acids is 2. The number of esters is 1. The monoisotopic (exact) mass is 359 g/mol. The minimum Gasteiger partial charge on any atom is -0.468 e. The molecule has 0 amide bonds. The molecule has 1 fully saturated rings. The Morgan fingerprint density at radius 2 is 2.13 bits per heavy atom. The molecule has 0 spiro atoms. The maximum absolute atomic E-state index is 12.1. The van der Waals surface area contributed by atoms with E-state index >= 15 is 0 Å². The molecule has 3 atom stereocenters. The molecular weight excluding hydrogens is 338 g/mol. The lowest BCUT2D eigenvalue weighted by molar-refractivity contribution is -0.148. The molecule has 1 saturated heterocycles. The Hall–Kier alpha value is -1.08. The van der Waals surface area contributed by atoms with Crippen molar-refractivity contribution in [1.82, 2.24) is 4.90 Å². The molecule has 0 aliphatic carbocycles. The highest BCUT2D eigenvalue weighted by atomic mass is 35.5. The van der Waals surface area contributed by atoms with Crippen LogP contribution in [-0.2, 0) is 14.3 Å². The number of piperidine rings is 1. The van der Waals surface area contributed by atoms with E-state index in [1.54, 1.807) is 6.07 Å². The van der Waals surface area contributed by atoms with Crippen molar-refractivity contribution in [3.63, 3.8) is 0 Å². The van der Waals surface area contributed by atoms with E-state index in [0.717, 1.165) is 6.29 Å². The highest BCUT2D eigenvalue weighted by Crippen LogP contribution is 2.31. The second-order valence-electron chi connectivity index (χ2n) is 5.10. The summed E-state index contributed by atoms with van der Waals surface area (Å²) in [6.45, 7) is 2.48. The van der Waals surface area contributed by atoms with E-state index in [1.807, 2.05) is 23.1 Å². The first kappa shape index (κ1) is 20.0. The van der Waals surface area contributed by atoms with Gasteiger partial charge in [-0.25, -0.2) is 4.79 Å². The summed E-state index contributed by atoms with van der Waals surface area (Å²) in [6.07, 6.45) is 0.893. The Morgan fingerprint density at radius 1 is 1.52 bits per heavy atom. The molecule has 1 aliphatic rings. The number of ether oxygens (including phenoxy) is 1. The first-order valence-electron chi connectivity index (χ1n) is 7.28. The smallest absolute Gasteiger partial charge is 0.327 e. The number of β-amino-alcohol motifs (C(OH)–C–C–N with tert-alkyl or cyclic N) is 1. The number of rotatable bonds is 3. The number of nitrogens with zero attached hydrogens (tertiary/aromatic N) is 1. The minimum atomic E-state index is -0.593. The zero-order valence-corrected chi connectivity index (χ0v) is 14.8. The van der Waals surface area contributed by atoms with Gasteiger partial charge in [-0.05, 0) is 25.0 Å². The van der Waals surface area contributed by atoms with E-state index in [0.29, 0.717) is 30.1 Å². The molecule has 5 nitrogen and oxygen atoms in total. The zero-order chi connectivity index (χ0) is 17.4. The average Bonchev–Trinajstić information content (AvgIpc) is 2.53. The van der Waals surface area contributed by atoms with E-state index in [9.17, 15) is 9.90 Å². The molecule has 0 aromatic heterocycles. The van der Waals surface area contributed by atoms with Gasteiger partial charge in [0.15, 0.2) is 0 Å². The lowest BCUT2D eigenvalue weighted by Gasteiger charge is -2.38. The lowest BCUT2D eigenvalue weighted by Crippen LogP contribution is -2.48. The van der Waals surface area contributed by atoms with Crippen molar-refractivity contribution in [3.05, 3.63) is 34.9 Å². The van der Waals surface area contributed by atoms with Gasteiger partial charge in [-0.2, -0.15) is 12.6 Å². The molecule has 1 heterocycles. The van der Waals surface area contributed by atoms with Crippen LogP contribution < -0.4 is 0 Å². The topological polar surface area (TPSA) is 66.8 Å². The summed E-state index contributed by atoms with van der Waals surface area (Å²) in [5.41, 5.74) is 0.700. The van der Waals surface area contributed by atoms with Crippen LogP contribution in [-0.4, -0.2) is 53.8 Å². The standard InChI is InChI=1S/C14H18ClNO3S.C2H4O/c1-19-14(18)13(9-4-2-3-5-10(9)15)16-7-6-12(20)11(17)8-16;1-2-3/h2-5,11-13,17,20H,6-8H2,1H3;2H,1H3. The third-order valence-corrected chi connectivity index (χ3v) is 4.51. The summed E-state index contributed by atoms with van der Waals surface area (Å²) in [5.74, 6) is -0.372. The SMILES string of the molecule is CC=O.COC(=O)C(c1ccccc1Cl)N1CCC(S)C(O)C1. The number of carbonyl (C=O) groups is 2. The van der Waals surface area contributed by atoms with Crippen LogP contribution in [0.5, 0.6) is 0 Å². The summed E-state index contributed by atoms with van der Waals surface area (Å²) >= 11 is 10.5. The van der Waals surface area contributed by atoms with Gasteiger partial charge in [-0.1, -0.05) is 29.8 Å². The molecule has 2 rings (SSSR count). The molecule has 0 bridgehead atoms. The number of methoxy groups -OCH3 is 1. The predicted octanol–water partition coefficient (Wildman–Crippen LogP) is 2.12. The Bertz CT molecular complexity index is 529. The summed E-state index contributed by atoms with van der Waals surface area (Å²) < 4.78 is 4.90. The van der Waals surface area contributed by atoms with Gasteiger partial charge in [-0.15, -0.1) is 0 Å². The molecule has 0 radical (unpaired) electrons. The average molecular weight is 360 g/mol. The van der Waals surface area contributed by atoms with Crippen LogP contribution in [0.1, 0.15) is 24.9 Å². The first-order valence-corrected chi connectivity index (χ1v) is 8.17. The van der Waals surface area contributed by atoms with Crippen LogP contribution >= 0.6 is 24.2 Å². The number of thiol groups is 1. The molecule has 128 valence electrons. The van der Waals surface area contributed by atoms with Crippen molar-refractivity contribution in [2.45, 2.75) is 30.7 Å². The molecule has 0 saturated carbocycles. The summed E-state index contributed by atoms with van der Waals surface area (Å²) in [6, 6.07) is 6.61. The van der Waals surface area contributed by atoms with Gasteiger partial charge in [0.25, 0.3) is 0 Å². The fourth-order valence-electron chi connectivity index (χ4n) is 2.46. The number of benzene rings is 1. The van der Waals surface area contributed by atoms with Crippen molar-refractivity contribution in [2.75, 3.05) is 20.2 Å². The number of hydrogen-bond donors (Lipinski definition) is 2. The van der Waals surface area contributed by atoms with Gasteiger partial charge in [0.2, 0.25) is 0 Å². The fraction of sp³-hybridized carbons (Fsp3) is 0.500. The number of aliphatic hydroxyl groups excluding tert-OH is 1. The van der Waals surface area contributed by atoms with Crippen molar-refractivity contribution in [3.8, 4) is 0 Å². The van der Waals surface area contributed by atoms with E-state index in [2.05, 4.69) is 12.6 Å². The van der Waals surface area contributed by atoms with Crippen LogP contribution in [0.15, 0.2) is 24.3 Å². The molecule has 1 aliphatic heterocycles. The van der Waals surface area contributed by atoms with Gasteiger partial charge in [0.05, 0.1) is 13.2 Å². The second kappa shape index (κ2) is 9.93. The molecule has 3 unspecified atom stereocenters. The lowest BCUT2D eigenvalue weighted by atomic mass is 10.00. The molecule has 23 heavy (non-hydrogen) atoms. The number of hydrogen-bond acceptors (Lipinski definition) is 6. The molecule has 1 aromatic rings. The van der Waals surface area contributed by atoms with Gasteiger partial charge >= 0.3 is 5.97 Å². The van der Waals surface area contributed by atoms with Crippen LogP contribution in [0.4, 0.5) is 0 Å². The van der Waals surface area contributed by atoms with Gasteiger partial charge < -0.3 is 14.6 Å². The van der Waals surface area contributed by atoms with E-state index in [1.165, 1.54) is 14.0 Å². The Balaban J connectivity index is 0.000000816. The highest BCUT2D eigenvalue weighted by Gasteiger charge is 2.35. The summed E-state index contributed by atoms with van der Waals surface area (Å²) in [4.78, 5) is 22.8. The quantitative estimate of drug-likeness (QED) is 0.491. The molecular formula is C16H22ClNO4S. The summed E-state index contributed by atoms with van der Waals surface area (Å²) in [7, 11) is 1.36. The highest BCUT2D eigenvalue weighted by molar-refractivity contribution is 7.81. The van der Waals surface area contributed by atoms with Crippen LogP contribution in [0.2, 0.25) is 5.02 Å². The van der Waals surface area contributed by atoms with E-state index in [4.69, 9.17) is 21.1 Å². The number of likely N-dealkylation sites (tertiary alicyclic amines) is 1. The van der Waals surface area contributed by atoms with Crippen molar-refractivity contribution in [2.24, 2.45) is 0 Å². The Kier molecular flexibility index (Phi) is 8.62. The number of aldehydes is 1. The predicted molar refractivity (Wildman–Crippen MR) is 92.9 cm³/mol. The second-order valence-corrected chi connectivity index (χ2v) is 6.17. The maximum Gasteiger partial charge on any atom is 0.327 e. The normalized spacial score (nSPS) is 22.5. The molecule has 1 N–H and O–H groups in total. The van der Waals surface area contributed by atoms with E-state index in [-0.39, 0.29) is 11.2 Å². The van der Waals surface area contributed by atoms with Crippen molar-refractivity contribution in [1.29, 1.82) is 0 Å².